The number of esters is 1. The Labute approximate surface area is 105 Å². The van der Waals surface area contributed by atoms with Crippen LogP contribution in [0.2, 0.25) is 0 Å². The summed E-state index contributed by atoms with van der Waals surface area (Å²) in [6, 6.07) is 0. The van der Waals surface area contributed by atoms with Crippen LogP contribution in [0.25, 0.3) is 0 Å². The van der Waals surface area contributed by atoms with Crippen LogP contribution in [0, 0.1) is 17.8 Å². The highest BCUT2D eigenvalue weighted by molar-refractivity contribution is 5.82. The van der Waals surface area contributed by atoms with Crippen LogP contribution in [0.3, 0.4) is 0 Å². The van der Waals surface area contributed by atoms with Crippen LogP contribution in [0.5, 0.6) is 0 Å². The third-order valence-electron chi connectivity index (χ3n) is 3.63. The lowest BCUT2D eigenvalue weighted by molar-refractivity contribution is -0.149. The molecule has 0 N–H and O–H groups in total. The third-order valence-corrected chi connectivity index (χ3v) is 3.63. The lowest BCUT2D eigenvalue weighted by atomic mass is 9.75. The minimum atomic E-state index is -0.171. The van der Waals surface area contributed by atoms with Crippen molar-refractivity contribution in [1.82, 2.24) is 0 Å². The number of carbonyl (C=O) groups excluding carboxylic acids is 1. The van der Waals surface area contributed by atoms with E-state index in [1.54, 1.807) is 6.08 Å². The lowest BCUT2D eigenvalue weighted by Crippen LogP contribution is -2.35. The molecule has 0 aromatic carbocycles. The molecule has 0 spiro atoms. The number of carbonyl (C=O) groups is 1. The van der Waals surface area contributed by atoms with Crippen LogP contribution < -0.4 is 0 Å². The Balaban J connectivity index is 2.61. The first kappa shape index (κ1) is 14.3. The van der Waals surface area contributed by atoms with Gasteiger partial charge in [0.1, 0.15) is 6.10 Å². The van der Waals surface area contributed by atoms with E-state index in [2.05, 4.69) is 20.8 Å². The van der Waals surface area contributed by atoms with Gasteiger partial charge in [-0.2, -0.15) is 0 Å². The Hall–Kier alpha value is -0.790. The van der Waals surface area contributed by atoms with Gasteiger partial charge in [0, 0.05) is 6.08 Å². The molecule has 98 valence electrons. The van der Waals surface area contributed by atoms with Gasteiger partial charge in [-0.3, -0.25) is 0 Å². The minimum absolute atomic E-state index is 0.120. The van der Waals surface area contributed by atoms with Crippen LogP contribution in [0.15, 0.2) is 11.6 Å². The predicted octanol–water partition coefficient (Wildman–Crippen LogP) is 3.96. The van der Waals surface area contributed by atoms with E-state index in [4.69, 9.17) is 4.74 Å². The lowest BCUT2D eigenvalue weighted by Gasteiger charge is -2.36. The van der Waals surface area contributed by atoms with Crippen molar-refractivity contribution >= 4 is 5.97 Å². The molecule has 1 rings (SSSR count). The number of hydrogen-bond donors (Lipinski definition) is 0. The van der Waals surface area contributed by atoms with Gasteiger partial charge in [-0.05, 0) is 50.9 Å². The maximum atomic E-state index is 11.7. The zero-order valence-electron chi connectivity index (χ0n) is 11.8. The molecule has 0 heterocycles. The molecule has 2 heteroatoms. The zero-order valence-corrected chi connectivity index (χ0v) is 11.8. The summed E-state index contributed by atoms with van der Waals surface area (Å²) in [6.45, 7) is 10.6. The van der Waals surface area contributed by atoms with Crippen molar-refractivity contribution in [2.75, 3.05) is 0 Å². The summed E-state index contributed by atoms with van der Waals surface area (Å²) in [6.07, 6.45) is 5.09. The molecule has 0 aliphatic heterocycles. The summed E-state index contributed by atoms with van der Waals surface area (Å²) >= 11 is 0. The molecule has 1 aliphatic rings. The van der Waals surface area contributed by atoms with E-state index < -0.39 is 0 Å². The molecule has 0 aromatic heterocycles. The minimum Gasteiger partial charge on any atom is -0.459 e. The van der Waals surface area contributed by atoms with Crippen molar-refractivity contribution in [1.29, 1.82) is 0 Å². The molecule has 17 heavy (non-hydrogen) atoms. The molecule has 0 saturated heterocycles. The summed E-state index contributed by atoms with van der Waals surface area (Å²) in [4.78, 5) is 11.7. The first-order valence-electron chi connectivity index (χ1n) is 6.75. The number of hydrogen-bond acceptors (Lipinski definition) is 2. The molecule has 0 radical (unpaired) electrons. The van der Waals surface area contributed by atoms with E-state index in [1.807, 2.05) is 13.8 Å². The second-order valence-corrected chi connectivity index (χ2v) is 6.02. The number of ether oxygens (including phenoxy) is 1. The van der Waals surface area contributed by atoms with Crippen LogP contribution in [0.4, 0.5) is 0 Å². The maximum Gasteiger partial charge on any atom is 0.330 e. The normalized spacial score (nSPS) is 28.9. The first-order valence-corrected chi connectivity index (χ1v) is 6.75. The van der Waals surface area contributed by atoms with Crippen molar-refractivity contribution in [2.45, 2.75) is 60.0 Å². The monoisotopic (exact) mass is 238 g/mol. The Morgan fingerprint density at radius 1 is 1.29 bits per heavy atom. The summed E-state index contributed by atoms with van der Waals surface area (Å²) in [7, 11) is 0. The highest BCUT2D eigenvalue weighted by Gasteiger charge is 2.32. The van der Waals surface area contributed by atoms with Crippen molar-refractivity contribution in [3.05, 3.63) is 11.6 Å². The fourth-order valence-electron chi connectivity index (χ4n) is 2.66. The van der Waals surface area contributed by atoms with Crippen LogP contribution in [0.1, 0.15) is 53.9 Å². The Kier molecular flexibility index (Phi) is 5.23. The Morgan fingerprint density at radius 3 is 2.47 bits per heavy atom. The second-order valence-electron chi connectivity index (χ2n) is 6.02. The molecular weight excluding hydrogens is 212 g/mol. The van der Waals surface area contributed by atoms with Gasteiger partial charge >= 0.3 is 5.97 Å². The van der Waals surface area contributed by atoms with E-state index in [0.29, 0.717) is 11.8 Å². The van der Waals surface area contributed by atoms with E-state index in [-0.39, 0.29) is 12.1 Å². The van der Waals surface area contributed by atoms with E-state index in [9.17, 15) is 4.79 Å². The van der Waals surface area contributed by atoms with Gasteiger partial charge in [-0.25, -0.2) is 4.79 Å². The Bertz CT molecular complexity index is 287. The third kappa shape index (κ3) is 4.53. The number of allylic oxidation sites excluding steroid dienone is 1. The Morgan fingerprint density at radius 2 is 1.94 bits per heavy atom. The fourth-order valence-corrected chi connectivity index (χ4v) is 2.66. The molecule has 0 aromatic rings. The first-order chi connectivity index (χ1) is 7.90. The second kappa shape index (κ2) is 6.23. The molecule has 2 nitrogen and oxygen atoms in total. The van der Waals surface area contributed by atoms with Gasteiger partial charge < -0.3 is 4.74 Å². The van der Waals surface area contributed by atoms with Crippen molar-refractivity contribution in [2.24, 2.45) is 17.8 Å². The van der Waals surface area contributed by atoms with E-state index >= 15 is 0 Å². The largest absolute Gasteiger partial charge is 0.459 e. The molecule has 0 unspecified atom stereocenters. The SMILES string of the molecule is CC(C)=CC(=O)O[C@@H]1CC[C@H](C)C[C@H]1C(C)C. The molecule has 0 amide bonds. The van der Waals surface area contributed by atoms with Gasteiger partial charge in [0.05, 0.1) is 0 Å². The molecule has 0 bridgehead atoms. The van der Waals surface area contributed by atoms with Crippen molar-refractivity contribution in [3.63, 3.8) is 0 Å². The van der Waals surface area contributed by atoms with Gasteiger partial charge in [-0.1, -0.05) is 26.3 Å². The average molecular weight is 238 g/mol. The molecular formula is C15H26O2. The highest BCUT2D eigenvalue weighted by atomic mass is 16.5. The summed E-state index contributed by atoms with van der Waals surface area (Å²) in [5.74, 6) is 1.70. The summed E-state index contributed by atoms with van der Waals surface area (Å²) in [5, 5.41) is 0. The molecule has 1 saturated carbocycles. The van der Waals surface area contributed by atoms with Gasteiger partial charge in [-0.15, -0.1) is 0 Å². The standard InChI is InChI=1S/C15H26O2/c1-10(2)8-15(16)17-14-7-6-12(5)9-13(14)11(3)4/h8,11-14H,6-7,9H2,1-5H3/t12-,13-,14+/m0/s1. The average Bonchev–Trinajstić information content (AvgIpc) is 2.19. The number of rotatable bonds is 3. The highest BCUT2D eigenvalue weighted by Crippen LogP contribution is 2.35. The van der Waals surface area contributed by atoms with E-state index in [1.165, 1.54) is 12.8 Å². The smallest absolute Gasteiger partial charge is 0.330 e. The summed E-state index contributed by atoms with van der Waals surface area (Å²) < 4.78 is 5.61. The van der Waals surface area contributed by atoms with Crippen molar-refractivity contribution in [3.8, 4) is 0 Å². The maximum absolute atomic E-state index is 11.7. The summed E-state index contributed by atoms with van der Waals surface area (Å²) in [5.41, 5.74) is 1.00. The van der Waals surface area contributed by atoms with Crippen LogP contribution in [-0.2, 0) is 9.53 Å². The van der Waals surface area contributed by atoms with Crippen LogP contribution >= 0.6 is 0 Å². The fraction of sp³-hybridized carbons (Fsp3) is 0.800. The predicted molar refractivity (Wildman–Crippen MR) is 70.7 cm³/mol. The quantitative estimate of drug-likeness (QED) is 0.549. The van der Waals surface area contributed by atoms with Gasteiger partial charge in [0.15, 0.2) is 0 Å². The molecule has 3 atom stereocenters. The van der Waals surface area contributed by atoms with E-state index in [0.717, 1.165) is 17.9 Å². The molecule has 1 fully saturated rings. The van der Waals surface area contributed by atoms with Crippen LogP contribution in [-0.4, -0.2) is 12.1 Å². The zero-order chi connectivity index (χ0) is 13.0. The van der Waals surface area contributed by atoms with Gasteiger partial charge in [0.25, 0.3) is 0 Å². The van der Waals surface area contributed by atoms with Crippen molar-refractivity contribution < 1.29 is 9.53 Å². The molecule has 1 aliphatic carbocycles. The topological polar surface area (TPSA) is 26.3 Å². The van der Waals surface area contributed by atoms with Gasteiger partial charge in [0.2, 0.25) is 0 Å².